The molecule has 0 amide bonds. The molecule has 1 N–H and O–H groups in total. The summed E-state index contributed by atoms with van der Waals surface area (Å²) < 4.78 is 22.2. The highest BCUT2D eigenvalue weighted by atomic mass is 16.5. The molecule has 0 fully saturated rings. The molecule has 0 spiro atoms. The van der Waals surface area contributed by atoms with Crippen molar-refractivity contribution >= 4 is 12.0 Å². The molecule has 2 aromatic rings. The standard InChI is InChI=1S/C24H30O6/c1-4-6-14-29-22-16-19(17-23(24(25)26)28-5-2)9-12-21(22)30-15-13-18-7-10-20(27-3)11-8-18/h7-12,16-17H,4-6,13-15H2,1-3H3,(H,25,26)/b23-17+. The van der Waals surface area contributed by atoms with E-state index in [1.165, 1.54) is 6.08 Å². The van der Waals surface area contributed by atoms with E-state index in [0.717, 1.165) is 30.6 Å². The minimum atomic E-state index is -1.11. The summed E-state index contributed by atoms with van der Waals surface area (Å²) in [5, 5.41) is 9.26. The van der Waals surface area contributed by atoms with E-state index >= 15 is 0 Å². The second-order valence-electron chi connectivity index (χ2n) is 6.60. The van der Waals surface area contributed by atoms with Crippen molar-refractivity contribution in [3.63, 3.8) is 0 Å². The monoisotopic (exact) mass is 414 g/mol. The molecule has 2 aromatic carbocycles. The van der Waals surface area contributed by atoms with Crippen LogP contribution in [-0.2, 0) is 16.0 Å². The maximum atomic E-state index is 11.3. The third-order valence-electron chi connectivity index (χ3n) is 4.34. The molecular formula is C24H30O6. The van der Waals surface area contributed by atoms with Crippen LogP contribution in [0.15, 0.2) is 48.2 Å². The minimum Gasteiger partial charge on any atom is -0.497 e. The van der Waals surface area contributed by atoms with Crippen LogP contribution in [0.25, 0.3) is 6.08 Å². The molecule has 0 aliphatic heterocycles. The Hall–Kier alpha value is -3.15. The molecule has 0 radical (unpaired) electrons. The molecule has 0 unspecified atom stereocenters. The molecule has 6 heteroatoms. The van der Waals surface area contributed by atoms with Gasteiger partial charge in [-0.1, -0.05) is 31.5 Å². The van der Waals surface area contributed by atoms with Gasteiger partial charge in [-0.25, -0.2) is 4.79 Å². The second kappa shape index (κ2) is 12.4. The van der Waals surface area contributed by atoms with Crippen LogP contribution in [0.2, 0.25) is 0 Å². The zero-order chi connectivity index (χ0) is 21.8. The Morgan fingerprint density at radius 1 is 1.00 bits per heavy atom. The van der Waals surface area contributed by atoms with E-state index in [4.69, 9.17) is 18.9 Å². The zero-order valence-electron chi connectivity index (χ0n) is 17.8. The number of carboxylic acid groups (broad SMARTS) is 1. The molecule has 30 heavy (non-hydrogen) atoms. The first-order valence-corrected chi connectivity index (χ1v) is 10.2. The Balaban J connectivity index is 2.11. The Bertz CT molecular complexity index is 826. The molecule has 0 aliphatic carbocycles. The second-order valence-corrected chi connectivity index (χ2v) is 6.60. The number of unbranched alkanes of at least 4 members (excludes halogenated alkanes) is 1. The van der Waals surface area contributed by atoms with E-state index in [9.17, 15) is 9.90 Å². The highest BCUT2D eigenvalue weighted by Gasteiger charge is 2.11. The van der Waals surface area contributed by atoms with Gasteiger partial charge in [0.2, 0.25) is 5.76 Å². The summed E-state index contributed by atoms with van der Waals surface area (Å²) in [5.41, 5.74) is 1.82. The lowest BCUT2D eigenvalue weighted by atomic mass is 10.1. The van der Waals surface area contributed by atoms with Gasteiger partial charge in [0.25, 0.3) is 0 Å². The van der Waals surface area contributed by atoms with E-state index in [-0.39, 0.29) is 12.4 Å². The predicted molar refractivity (Wildman–Crippen MR) is 116 cm³/mol. The van der Waals surface area contributed by atoms with Gasteiger partial charge in [-0.15, -0.1) is 0 Å². The van der Waals surface area contributed by atoms with Crippen molar-refractivity contribution in [2.45, 2.75) is 33.1 Å². The minimum absolute atomic E-state index is 0.106. The summed E-state index contributed by atoms with van der Waals surface area (Å²) >= 11 is 0. The van der Waals surface area contributed by atoms with Crippen molar-refractivity contribution < 1.29 is 28.8 Å². The fourth-order valence-corrected chi connectivity index (χ4v) is 2.72. The van der Waals surface area contributed by atoms with E-state index in [0.29, 0.717) is 30.3 Å². The number of hydrogen-bond donors (Lipinski definition) is 1. The molecule has 0 saturated heterocycles. The number of ether oxygens (including phenoxy) is 4. The Labute approximate surface area is 178 Å². The summed E-state index contributed by atoms with van der Waals surface area (Å²) in [7, 11) is 1.64. The fraction of sp³-hybridized carbons (Fsp3) is 0.375. The molecule has 0 saturated carbocycles. The Morgan fingerprint density at radius 3 is 2.37 bits per heavy atom. The molecule has 0 bridgehead atoms. The number of methoxy groups -OCH3 is 1. The predicted octanol–water partition coefficient (Wildman–Crippen LogP) is 4.96. The summed E-state index contributed by atoms with van der Waals surface area (Å²) in [4.78, 5) is 11.3. The highest BCUT2D eigenvalue weighted by Crippen LogP contribution is 2.30. The van der Waals surface area contributed by atoms with Crippen molar-refractivity contribution in [3.05, 3.63) is 59.4 Å². The molecule has 162 valence electrons. The van der Waals surface area contributed by atoms with Crippen LogP contribution in [-0.4, -0.2) is 38.0 Å². The van der Waals surface area contributed by atoms with Gasteiger partial charge in [0, 0.05) is 6.42 Å². The number of carbonyl (C=O) groups is 1. The van der Waals surface area contributed by atoms with Crippen molar-refractivity contribution in [2.24, 2.45) is 0 Å². The summed E-state index contributed by atoms with van der Waals surface area (Å²) in [6.45, 7) is 5.18. The van der Waals surface area contributed by atoms with Crippen molar-refractivity contribution in [2.75, 3.05) is 26.9 Å². The van der Waals surface area contributed by atoms with Crippen LogP contribution in [0.5, 0.6) is 17.2 Å². The van der Waals surface area contributed by atoms with Crippen LogP contribution in [0.3, 0.4) is 0 Å². The van der Waals surface area contributed by atoms with Crippen LogP contribution in [0, 0.1) is 0 Å². The van der Waals surface area contributed by atoms with Gasteiger partial charge in [-0.3, -0.25) is 0 Å². The number of aliphatic carboxylic acids is 1. The van der Waals surface area contributed by atoms with Crippen LogP contribution >= 0.6 is 0 Å². The van der Waals surface area contributed by atoms with Crippen molar-refractivity contribution in [1.29, 1.82) is 0 Å². The Kier molecular flexibility index (Phi) is 9.58. The van der Waals surface area contributed by atoms with E-state index in [2.05, 4.69) is 6.92 Å². The third kappa shape index (κ3) is 7.35. The van der Waals surface area contributed by atoms with Gasteiger partial charge >= 0.3 is 5.97 Å². The first-order chi connectivity index (χ1) is 14.6. The molecule has 0 aromatic heterocycles. The van der Waals surface area contributed by atoms with Crippen LogP contribution < -0.4 is 14.2 Å². The normalized spacial score (nSPS) is 11.1. The lowest BCUT2D eigenvalue weighted by Crippen LogP contribution is -2.06. The average molecular weight is 414 g/mol. The number of hydrogen-bond acceptors (Lipinski definition) is 5. The zero-order valence-corrected chi connectivity index (χ0v) is 17.8. The Morgan fingerprint density at radius 2 is 1.73 bits per heavy atom. The summed E-state index contributed by atoms with van der Waals surface area (Å²) in [6.07, 6.45) is 4.17. The van der Waals surface area contributed by atoms with Gasteiger partial charge in [0.05, 0.1) is 26.9 Å². The topological polar surface area (TPSA) is 74.2 Å². The molecule has 0 heterocycles. The molecule has 2 rings (SSSR count). The maximum Gasteiger partial charge on any atom is 0.371 e. The summed E-state index contributed by atoms with van der Waals surface area (Å²) in [6, 6.07) is 13.2. The van der Waals surface area contributed by atoms with E-state index < -0.39 is 5.97 Å². The molecule has 6 nitrogen and oxygen atoms in total. The van der Waals surface area contributed by atoms with Crippen molar-refractivity contribution in [3.8, 4) is 17.2 Å². The largest absolute Gasteiger partial charge is 0.497 e. The highest BCUT2D eigenvalue weighted by molar-refractivity contribution is 5.90. The lowest BCUT2D eigenvalue weighted by Gasteiger charge is -2.14. The SMILES string of the molecule is CCCCOc1cc(/C=C(/OCC)C(=O)O)ccc1OCCc1ccc(OC)cc1. The lowest BCUT2D eigenvalue weighted by molar-refractivity contribution is -0.136. The quantitative estimate of drug-likeness (QED) is 0.284. The summed E-state index contributed by atoms with van der Waals surface area (Å²) in [5.74, 6) is 0.830. The van der Waals surface area contributed by atoms with Crippen LogP contribution in [0.4, 0.5) is 0 Å². The first-order valence-electron chi connectivity index (χ1n) is 10.2. The number of rotatable bonds is 13. The third-order valence-corrected chi connectivity index (χ3v) is 4.34. The van der Waals surface area contributed by atoms with Gasteiger partial charge in [0.15, 0.2) is 11.5 Å². The van der Waals surface area contributed by atoms with Crippen LogP contribution in [0.1, 0.15) is 37.8 Å². The smallest absolute Gasteiger partial charge is 0.371 e. The fourth-order valence-electron chi connectivity index (χ4n) is 2.72. The number of benzene rings is 2. The van der Waals surface area contributed by atoms with Gasteiger partial charge in [-0.2, -0.15) is 0 Å². The number of carboxylic acids is 1. The first kappa shape index (κ1) is 23.1. The van der Waals surface area contributed by atoms with Crippen molar-refractivity contribution in [1.82, 2.24) is 0 Å². The average Bonchev–Trinajstić information content (AvgIpc) is 2.75. The van der Waals surface area contributed by atoms with Gasteiger partial charge < -0.3 is 24.1 Å². The maximum absolute atomic E-state index is 11.3. The van der Waals surface area contributed by atoms with Gasteiger partial charge in [-0.05, 0) is 54.8 Å². The molecular weight excluding hydrogens is 384 g/mol. The van der Waals surface area contributed by atoms with E-state index in [1.54, 1.807) is 32.2 Å². The van der Waals surface area contributed by atoms with E-state index in [1.807, 2.05) is 24.3 Å². The molecule has 0 atom stereocenters. The van der Waals surface area contributed by atoms with Gasteiger partial charge in [0.1, 0.15) is 5.75 Å². The molecule has 0 aliphatic rings.